The molecule has 8 nitrogen and oxygen atoms in total. The highest BCUT2D eigenvalue weighted by Crippen LogP contribution is 2.11. The number of aromatic nitrogens is 3. The number of rotatable bonds is 7. The number of carbonyl (C=O) groups is 2. The molecule has 0 aliphatic carbocycles. The molecule has 2 aromatic heterocycles. The van der Waals surface area contributed by atoms with Crippen LogP contribution in [0.3, 0.4) is 0 Å². The number of carboxylic acids is 1. The minimum atomic E-state index is -0.985. The average Bonchev–Trinajstić information content (AvgIpc) is 2.94. The fraction of sp³-hybridized carbons (Fsp3) is 0.263. The number of carbonyl (C=O) groups excluding carboxylic acids is 1. The Morgan fingerprint density at radius 1 is 1.22 bits per heavy atom. The van der Waals surface area contributed by atoms with E-state index < -0.39 is 23.5 Å². The maximum Gasteiger partial charge on any atom is 0.350 e. The van der Waals surface area contributed by atoms with E-state index in [-0.39, 0.29) is 13.1 Å². The topological polar surface area (TPSA) is 106 Å². The number of aryl methyl sites for hydroxylation is 1. The second-order valence-electron chi connectivity index (χ2n) is 6.40. The van der Waals surface area contributed by atoms with Gasteiger partial charge in [-0.3, -0.25) is 14.0 Å². The molecular weight excluding hydrogens is 348 g/mol. The molecule has 8 heteroatoms. The van der Waals surface area contributed by atoms with Gasteiger partial charge in [0, 0.05) is 12.7 Å². The maximum absolute atomic E-state index is 12.2. The van der Waals surface area contributed by atoms with Crippen molar-refractivity contribution in [3.8, 4) is 0 Å². The predicted molar refractivity (Wildman–Crippen MR) is 98.5 cm³/mol. The Bertz CT molecular complexity index is 1040. The van der Waals surface area contributed by atoms with Gasteiger partial charge >= 0.3 is 11.7 Å². The van der Waals surface area contributed by atoms with Gasteiger partial charge in [-0.1, -0.05) is 35.9 Å². The highest BCUT2D eigenvalue weighted by Gasteiger charge is 2.19. The normalized spacial score (nSPS) is 12.0. The van der Waals surface area contributed by atoms with Gasteiger partial charge in [0.05, 0.1) is 5.92 Å². The van der Waals surface area contributed by atoms with Crippen LogP contribution >= 0.6 is 0 Å². The Hall–Kier alpha value is -3.42. The van der Waals surface area contributed by atoms with E-state index in [1.807, 2.05) is 31.2 Å². The number of hydrogen-bond acceptors (Lipinski definition) is 4. The Kier molecular flexibility index (Phi) is 5.35. The number of aliphatic carboxylic acids is 1. The lowest BCUT2D eigenvalue weighted by molar-refractivity contribution is -0.141. The summed E-state index contributed by atoms with van der Waals surface area (Å²) in [6.45, 7) is 1.65. The molecule has 0 aliphatic rings. The summed E-state index contributed by atoms with van der Waals surface area (Å²) in [7, 11) is 0. The van der Waals surface area contributed by atoms with E-state index in [1.54, 1.807) is 24.4 Å². The summed E-state index contributed by atoms with van der Waals surface area (Å²) in [5, 5.41) is 16.1. The van der Waals surface area contributed by atoms with E-state index in [9.17, 15) is 19.5 Å². The van der Waals surface area contributed by atoms with Crippen molar-refractivity contribution in [1.82, 2.24) is 19.5 Å². The van der Waals surface area contributed by atoms with Crippen LogP contribution in [-0.4, -0.2) is 37.7 Å². The van der Waals surface area contributed by atoms with E-state index >= 15 is 0 Å². The third-order valence-corrected chi connectivity index (χ3v) is 4.24. The predicted octanol–water partition coefficient (Wildman–Crippen LogP) is 0.864. The second kappa shape index (κ2) is 7.86. The van der Waals surface area contributed by atoms with E-state index in [0.29, 0.717) is 12.1 Å². The van der Waals surface area contributed by atoms with Gasteiger partial charge < -0.3 is 10.4 Å². The number of amides is 1. The lowest BCUT2D eigenvalue weighted by Crippen LogP contribution is -2.37. The molecule has 3 rings (SSSR count). The van der Waals surface area contributed by atoms with Crippen molar-refractivity contribution in [2.45, 2.75) is 19.9 Å². The van der Waals surface area contributed by atoms with Crippen molar-refractivity contribution in [3.05, 3.63) is 70.3 Å². The van der Waals surface area contributed by atoms with Crippen LogP contribution in [0.5, 0.6) is 0 Å². The second-order valence-corrected chi connectivity index (χ2v) is 6.40. The van der Waals surface area contributed by atoms with E-state index in [1.165, 1.54) is 4.40 Å². The van der Waals surface area contributed by atoms with Crippen molar-refractivity contribution in [2.24, 2.45) is 5.92 Å². The Labute approximate surface area is 155 Å². The molecular formula is C19H20N4O4. The largest absolute Gasteiger partial charge is 0.481 e. The molecule has 1 aromatic carbocycles. The molecule has 0 bridgehead atoms. The first-order valence-corrected chi connectivity index (χ1v) is 8.53. The molecule has 140 valence electrons. The van der Waals surface area contributed by atoms with Gasteiger partial charge in [0.25, 0.3) is 0 Å². The Morgan fingerprint density at radius 3 is 2.74 bits per heavy atom. The molecule has 1 amide bonds. The van der Waals surface area contributed by atoms with Gasteiger partial charge in [-0.25, -0.2) is 9.48 Å². The molecule has 27 heavy (non-hydrogen) atoms. The highest BCUT2D eigenvalue weighted by molar-refractivity contribution is 5.77. The SMILES string of the molecule is Cc1cccc(CC(CNC(=O)Cn2nc3ccccn3c2=O)C(=O)O)c1. The third-order valence-electron chi connectivity index (χ3n) is 4.24. The van der Waals surface area contributed by atoms with Crippen LogP contribution in [0, 0.1) is 12.8 Å². The van der Waals surface area contributed by atoms with Crippen LogP contribution < -0.4 is 11.0 Å². The molecule has 0 spiro atoms. The summed E-state index contributed by atoms with van der Waals surface area (Å²) < 4.78 is 2.39. The number of pyridine rings is 1. The van der Waals surface area contributed by atoms with Gasteiger partial charge in [-0.05, 0) is 31.0 Å². The van der Waals surface area contributed by atoms with Crippen LogP contribution in [0.2, 0.25) is 0 Å². The first-order chi connectivity index (χ1) is 12.9. The summed E-state index contributed by atoms with van der Waals surface area (Å²) in [6, 6.07) is 12.7. The fourth-order valence-electron chi connectivity index (χ4n) is 2.87. The number of fused-ring (bicyclic) bond motifs is 1. The Balaban J connectivity index is 1.63. The Morgan fingerprint density at radius 2 is 2.04 bits per heavy atom. The van der Waals surface area contributed by atoms with Gasteiger partial charge in [0.2, 0.25) is 5.91 Å². The lowest BCUT2D eigenvalue weighted by Gasteiger charge is -2.14. The summed E-state index contributed by atoms with van der Waals surface area (Å²) >= 11 is 0. The van der Waals surface area contributed by atoms with Gasteiger partial charge in [0.1, 0.15) is 6.54 Å². The molecule has 1 unspecified atom stereocenters. The summed E-state index contributed by atoms with van der Waals surface area (Å²) in [5.74, 6) is -2.20. The molecule has 2 N–H and O–H groups in total. The minimum Gasteiger partial charge on any atom is -0.481 e. The third kappa shape index (κ3) is 4.41. The number of carboxylic acid groups (broad SMARTS) is 1. The van der Waals surface area contributed by atoms with Crippen molar-refractivity contribution in [3.63, 3.8) is 0 Å². The van der Waals surface area contributed by atoms with Crippen LogP contribution in [-0.2, 0) is 22.6 Å². The first kappa shape index (κ1) is 18.4. The number of hydrogen-bond donors (Lipinski definition) is 2. The monoisotopic (exact) mass is 368 g/mol. The molecule has 0 saturated heterocycles. The van der Waals surface area contributed by atoms with Gasteiger partial charge in [-0.15, -0.1) is 5.10 Å². The van der Waals surface area contributed by atoms with Crippen molar-refractivity contribution >= 4 is 17.5 Å². The maximum atomic E-state index is 12.2. The van der Waals surface area contributed by atoms with Gasteiger partial charge in [-0.2, -0.15) is 0 Å². The van der Waals surface area contributed by atoms with Crippen LogP contribution in [0.25, 0.3) is 5.65 Å². The average molecular weight is 368 g/mol. The quantitative estimate of drug-likeness (QED) is 0.644. The highest BCUT2D eigenvalue weighted by atomic mass is 16.4. The zero-order valence-electron chi connectivity index (χ0n) is 14.8. The molecule has 0 fully saturated rings. The smallest absolute Gasteiger partial charge is 0.350 e. The number of nitrogens with one attached hydrogen (secondary N) is 1. The standard InChI is InChI=1S/C19H20N4O4/c1-13-5-4-6-14(9-13)10-15(18(25)26)11-20-17(24)12-23-19(27)22-8-3-2-7-16(22)21-23/h2-9,15H,10-12H2,1H3,(H,20,24)(H,25,26). The lowest BCUT2D eigenvalue weighted by atomic mass is 9.98. The van der Waals surface area contributed by atoms with E-state index in [0.717, 1.165) is 15.8 Å². The van der Waals surface area contributed by atoms with Crippen molar-refractivity contribution in [2.75, 3.05) is 6.54 Å². The number of nitrogens with zero attached hydrogens (tertiary/aromatic N) is 3. The first-order valence-electron chi connectivity index (χ1n) is 8.53. The zero-order valence-corrected chi connectivity index (χ0v) is 14.8. The van der Waals surface area contributed by atoms with Crippen molar-refractivity contribution in [1.29, 1.82) is 0 Å². The van der Waals surface area contributed by atoms with Gasteiger partial charge in [0.15, 0.2) is 5.65 Å². The van der Waals surface area contributed by atoms with E-state index in [4.69, 9.17) is 0 Å². The molecule has 0 aliphatic heterocycles. The summed E-state index contributed by atoms with van der Waals surface area (Å²) in [4.78, 5) is 35.8. The molecule has 3 aromatic rings. The van der Waals surface area contributed by atoms with Crippen molar-refractivity contribution < 1.29 is 14.7 Å². The molecule has 0 saturated carbocycles. The minimum absolute atomic E-state index is 0.0236. The van der Waals surface area contributed by atoms with Crippen LogP contribution in [0.15, 0.2) is 53.5 Å². The molecule has 0 radical (unpaired) electrons. The zero-order chi connectivity index (χ0) is 19.4. The summed E-state index contributed by atoms with van der Waals surface area (Å²) in [6.07, 6.45) is 1.88. The van der Waals surface area contributed by atoms with Crippen LogP contribution in [0.4, 0.5) is 0 Å². The number of benzene rings is 1. The molecule has 2 heterocycles. The molecule has 1 atom stereocenters. The van der Waals surface area contributed by atoms with Crippen LogP contribution in [0.1, 0.15) is 11.1 Å². The fourth-order valence-corrected chi connectivity index (χ4v) is 2.87. The summed E-state index contributed by atoms with van der Waals surface area (Å²) in [5.41, 5.74) is 1.97. The van der Waals surface area contributed by atoms with E-state index in [2.05, 4.69) is 10.4 Å².